The Kier molecular flexibility index (Phi) is 8.31. The van der Waals surface area contributed by atoms with Gasteiger partial charge < -0.3 is 20.1 Å². The molecule has 9 heteroatoms. The van der Waals surface area contributed by atoms with Crippen LogP contribution in [0.15, 0.2) is 48.5 Å². The quantitative estimate of drug-likeness (QED) is 0.729. The van der Waals surface area contributed by atoms with E-state index in [1.54, 1.807) is 24.3 Å². The Hall–Kier alpha value is -2.29. The molecule has 0 aromatic heterocycles. The highest BCUT2D eigenvalue weighted by Gasteiger charge is 2.30. The molecule has 1 fully saturated rings. The fraction of sp³-hybridized carbons (Fsp3) is 0.350. The predicted molar refractivity (Wildman–Crippen MR) is 104 cm³/mol. The van der Waals surface area contributed by atoms with Gasteiger partial charge in [-0.05, 0) is 42.0 Å². The Morgan fingerprint density at radius 1 is 1.10 bits per heavy atom. The van der Waals surface area contributed by atoms with Crippen LogP contribution in [0.2, 0.25) is 0 Å². The first-order valence-corrected chi connectivity index (χ1v) is 8.92. The molecular weight excluding hydrogens is 409 g/mol. The lowest BCUT2D eigenvalue weighted by Gasteiger charge is -2.23. The number of rotatable bonds is 6. The molecule has 1 atom stereocenters. The van der Waals surface area contributed by atoms with E-state index < -0.39 is 11.7 Å². The van der Waals surface area contributed by atoms with Crippen molar-refractivity contribution in [3.8, 4) is 11.5 Å². The summed E-state index contributed by atoms with van der Waals surface area (Å²) in [6.07, 6.45) is -4.01. The number of benzene rings is 2. The minimum atomic E-state index is -4.37. The minimum absolute atomic E-state index is 0. The fourth-order valence-electron chi connectivity index (χ4n) is 2.77. The van der Waals surface area contributed by atoms with Gasteiger partial charge >= 0.3 is 6.18 Å². The van der Waals surface area contributed by atoms with E-state index in [9.17, 15) is 18.0 Å². The van der Waals surface area contributed by atoms with Crippen molar-refractivity contribution in [3.05, 3.63) is 59.7 Å². The zero-order valence-electron chi connectivity index (χ0n) is 15.5. The molecule has 1 unspecified atom stereocenters. The van der Waals surface area contributed by atoms with E-state index >= 15 is 0 Å². The van der Waals surface area contributed by atoms with Crippen LogP contribution in [0.5, 0.6) is 11.5 Å². The van der Waals surface area contributed by atoms with Crippen LogP contribution in [0.3, 0.4) is 0 Å². The van der Waals surface area contributed by atoms with Crippen molar-refractivity contribution in [2.24, 2.45) is 0 Å². The molecule has 2 N–H and O–H groups in total. The van der Waals surface area contributed by atoms with Crippen molar-refractivity contribution >= 4 is 18.3 Å². The van der Waals surface area contributed by atoms with Crippen LogP contribution in [-0.4, -0.2) is 31.7 Å². The third-order valence-electron chi connectivity index (χ3n) is 4.26. The van der Waals surface area contributed by atoms with E-state index in [4.69, 9.17) is 9.47 Å². The molecule has 2 aromatic carbocycles. The number of hydrogen-bond acceptors (Lipinski definition) is 4. The van der Waals surface area contributed by atoms with Gasteiger partial charge in [-0.2, -0.15) is 13.2 Å². The summed E-state index contributed by atoms with van der Waals surface area (Å²) in [5, 5.41) is 6.08. The third-order valence-corrected chi connectivity index (χ3v) is 4.26. The Balaban J connectivity index is 0.00000300. The second-order valence-electron chi connectivity index (χ2n) is 6.47. The number of alkyl halides is 3. The molecule has 2 aromatic rings. The molecule has 5 nitrogen and oxygen atoms in total. The van der Waals surface area contributed by atoms with Crippen LogP contribution in [0.25, 0.3) is 0 Å². The molecule has 29 heavy (non-hydrogen) atoms. The molecule has 1 aliphatic rings. The molecule has 0 radical (unpaired) electrons. The standard InChI is InChI=1S/C20H21F3N2O3.ClH/c21-20(22,23)15-3-7-18(8-4-15)28-17-5-1-14(2-6-17)12-25-19(26)11-16-13-27-10-9-24-16;/h1-8,16,24H,9-13H2,(H,25,26);1H. The number of carbonyl (C=O) groups excluding carboxylic acids is 1. The maximum atomic E-state index is 12.6. The number of halogens is 4. The number of ether oxygens (including phenoxy) is 2. The number of nitrogens with one attached hydrogen (secondary N) is 2. The topological polar surface area (TPSA) is 59.6 Å². The first-order valence-electron chi connectivity index (χ1n) is 8.92. The Bertz CT molecular complexity index is 777. The summed E-state index contributed by atoms with van der Waals surface area (Å²) in [4.78, 5) is 12.0. The normalized spacial score (nSPS) is 16.6. The van der Waals surface area contributed by atoms with Crippen molar-refractivity contribution in [3.63, 3.8) is 0 Å². The Morgan fingerprint density at radius 2 is 1.72 bits per heavy atom. The second kappa shape index (κ2) is 10.5. The van der Waals surface area contributed by atoms with Crippen LogP contribution >= 0.6 is 12.4 Å². The first kappa shape index (κ1) is 23.0. The van der Waals surface area contributed by atoms with E-state index in [0.717, 1.165) is 24.2 Å². The highest BCUT2D eigenvalue weighted by atomic mass is 35.5. The van der Waals surface area contributed by atoms with Crippen LogP contribution < -0.4 is 15.4 Å². The van der Waals surface area contributed by atoms with Crippen molar-refractivity contribution in [2.45, 2.75) is 25.2 Å². The van der Waals surface area contributed by atoms with E-state index in [1.165, 1.54) is 12.1 Å². The molecule has 3 rings (SSSR count). The zero-order valence-corrected chi connectivity index (χ0v) is 16.3. The van der Waals surface area contributed by atoms with Gasteiger partial charge in [0.1, 0.15) is 11.5 Å². The first-order chi connectivity index (χ1) is 13.4. The average Bonchev–Trinajstić information content (AvgIpc) is 2.68. The van der Waals surface area contributed by atoms with Gasteiger partial charge in [0.15, 0.2) is 0 Å². The van der Waals surface area contributed by atoms with E-state index in [2.05, 4.69) is 10.6 Å². The molecule has 1 amide bonds. The smallest absolute Gasteiger partial charge is 0.416 e. The lowest BCUT2D eigenvalue weighted by atomic mass is 10.1. The highest BCUT2D eigenvalue weighted by molar-refractivity contribution is 5.85. The van der Waals surface area contributed by atoms with Crippen LogP contribution in [-0.2, 0) is 22.3 Å². The van der Waals surface area contributed by atoms with E-state index in [0.29, 0.717) is 37.7 Å². The SMILES string of the molecule is Cl.O=C(CC1COCCN1)NCc1ccc(Oc2ccc(C(F)(F)F)cc2)cc1. The molecule has 0 saturated carbocycles. The second-order valence-corrected chi connectivity index (χ2v) is 6.47. The van der Waals surface area contributed by atoms with Crippen molar-refractivity contribution < 1.29 is 27.4 Å². The Morgan fingerprint density at radius 3 is 2.28 bits per heavy atom. The fourth-order valence-corrected chi connectivity index (χ4v) is 2.77. The number of amides is 1. The Labute approximate surface area is 173 Å². The summed E-state index contributed by atoms with van der Waals surface area (Å²) in [6, 6.07) is 11.5. The van der Waals surface area contributed by atoms with E-state index in [1.807, 2.05) is 0 Å². The molecular formula is C20H22ClF3N2O3. The van der Waals surface area contributed by atoms with Crippen molar-refractivity contribution in [2.75, 3.05) is 19.8 Å². The van der Waals surface area contributed by atoms with Gasteiger partial charge in [-0.3, -0.25) is 4.79 Å². The molecule has 1 heterocycles. The van der Waals surface area contributed by atoms with Gasteiger partial charge in [0.25, 0.3) is 0 Å². The summed E-state index contributed by atoms with van der Waals surface area (Å²) < 4.78 is 48.6. The number of carbonyl (C=O) groups is 1. The maximum Gasteiger partial charge on any atom is 0.416 e. The lowest BCUT2D eigenvalue weighted by Crippen LogP contribution is -2.44. The van der Waals surface area contributed by atoms with Gasteiger partial charge in [-0.15, -0.1) is 12.4 Å². The van der Waals surface area contributed by atoms with Gasteiger partial charge in [-0.25, -0.2) is 0 Å². The van der Waals surface area contributed by atoms with Crippen LogP contribution in [0.4, 0.5) is 13.2 Å². The third kappa shape index (κ3) is 7.23. The molecule has 158 valence electrons. The van der Waals surface area contributed by atoms with Crippen molar-refractivity contribution in [1.82, 2.24) is 10.6 Å². The average molecular weight is 431 g/mol. The predicted octanol–water partition coefficient (Wildman–Crippen LogP) is 3.91. The highest BCUT2D eigenvalue weighted by Crippen LogP contribution is 2.31. The van der Waals surface area contributed by atoms with Crippen molar-refractivity contribution in [1.29, 1.82) is 0 Å². The zero-order chi connectivity index (χ0) is 20.0. The number of hydrogen-bond donors (Lipinski definition) is 2. The number of morpholine rings is 1. The largest absolute Gasteiger partial charge is 0.457 e. The molecule has 1 aliphatic heterocycles. The summed E-state index contributed by atoms with van der Waals surface area (Å²) >= 11 is 0. The summed E-state index contributed by atoms with van der Waals surface area (Å²) in [5.74, 6) is 0.753. The van der Waals surface area contributed by atoms with E-state index in [-0.39, 0.29) is 24.4 Å². The molecule has 0 spiro atoms. The van der Waals surface area contributed by atoms with Crippen LogP contribution in [0, 0.1) is 0 Å². The summed E-state index contributed by atoms with van der Waals surface area (Å²) in [7, 11) is 0. The molecule has 0 bridgehead atoms. The lowest BCUT2D eigenvalue weighted by molar-refractivity contribution is -0.137. The monoisotopic (exact) mass is 430 g/mol. The summed E-state index contributed by atoms with van der Waals surface area (Å²) in [5.41, 5.74) is 0.168. The van der Waals surface area contributed by atoms with Gasteiger partial charge in [0, 0.05) is 25.6 Å². The van der Waals surface area contributed by atoms with Gasteiger partial charge in [0.05, 0.1) is 18.8 Å². The van der Waals surface area contributed by atoms with Gasteiger partial charge in [0.2, 0.25) is 5.91 Å². The van der Waals surface area contributed by atoms with Gasteiger partial charge in [-0.1, -0.05) is 12.1 Å². The molecule has 1 saturated heterocycles. The minimum Gasteiger partial charge on any atom is -0.457 e. The molecule has 0 aliphatic carbocycles. The van der Waals surface area contributed by atoms with Crippen LogP contribution in [0.1, 0.15) is 17.5 Å². The summed E-state index contributed by atoms with van der Waals surface area (Å²) in [6.45, 7) is 2.33. The maximum absolute atomic E-state index is 12.6.